The minimum absolute atomic E-state index is 0.0561. The number of aromatic amines is 1. The fraction of sp³-hybridized carbons (Fsp3) is 0.667. The van der Waals surface area contributed by atoms with Crippen LogP contribution in [0.3, 0.4) is 0 Å². The van der Waals surface area contributed by atoms with E-state index in [0.717, 1.165) is 6.54 Å². The zero-order valence-electron chi connectivity index (χ0n) is 10.4. The highest BCUT2D eigenvalue weighted by Gasteiger charge is 2.21. The molecule has 0 spiro atoms. The lowest BCUT2D eigenvalue weighted by Crippen LogP contribution is -2.25. The van der Waals surface area contributed by atoms with Crippen LogP contribution >= 0.6 is 0 Å². The van der Waals surface area contributed by atoms with Crippen molar-refractivity contribution in [3.8, 4) is 0 Å². The van der Waals surface area contributed by atoms with Crippen LogP contribution in [-0.4, -0.2) is 22.6 Å². The highest BCUT2D eigenvalue weighted by atomic mass is 16.1. The molecule has 1 aliphatic rings. The highest BCUT2D eigenvalue weighted by Crippen LogP contribution is 2.22. The van der Waals surface area contributed by atoms with Gasteiger partial charge in [-0.15, -0.1) is 0 Å². The van der Waals surface area contributed by atoms with Gasteiger partial charge in [-0.05, 0) is 25.3 Å². The molecule has 17 heavy (non-hydrogen) atoms. The molecule has 0 atom stereocenters. The first-order valence-corrected chi connectivity index (χ1v) is 6.20. The quantitative estimate of drug-likeness (QED) is 0.691. The van der Waals surface area contributed by atoms with Gasteiger partial charge in [-0.25, -0.2) is 4.98 Å². The third kappa shape index (κ3) is 3.85. The molecule has 94 valence electrons. The molecule has 1 aromatic heterocycles. The molecule has 2 rings (SSSR count). The largest absolute Gasteiger partial charge is 0.353 e. The Hall–Kier alpha value is -1.36. The molecule has 1 aliphatic carbocycles. The first-order valence-electron chi connectivity index (χ1n) is 6.20. The molecular formula is C12H20N4O. The molecule has 3 N–H and O–H groups in total. The summed E-state index contributed by atoms with van der Waals surface area (Å²) in [6, 6.07) is 0.503. The van der Waals surface area contributed by atoms with E-state index >= 15 is 0 Å². The third-order valence-corrected chi connectivity index (χ3v) is 2.66. The maximum Gasteiger partial charge on any atom is 0.256 e. The highest BCUT2D eigenvalue weighted by molar-refractivity contribution is 5.28. The van der Waals surface area contributed by atoms with Crippen LogP contribution in [0.15, 0.2) is 11.0 Å². The van der Waals surface area contributed by atoms with Crippen LogP contribution in [0, 0.1) is 5.92 Å². The van der Waals surface area contributed by atoms with Crippen molar-refractivity contribution in [2.45, 2.75) is 39.3 Å². The number of H-pyrrole nitrogens is 1. The molecule has 0 unspecified atom stereocenters. The average Bonchev–Trinajstić information content (AvgIpc) is 3.05. The van der Waals surface area contributed by atoms with E-state index < -0.39 is 0 Å². The Morgan fingerprint density at radius 3 is 2.88 bits per heavy atom. The summed E-state index contributed by atoms with van der Waals surface area (Å²) in [5.41, 5.74) is 0.631. The molecule has 0 saturated heterocycles. The summed E-state index contributed by atoms with van der Waals surface area (Å²) in [5, 5.41) is 6.41. The van der Waals surface area contributed by atoms with Gasteiger partial charge in [0, 0.05) is 24.3 Å². The second kappa shape index (κ2) is 5.31. The smallest absolute Gasteiger partial charge is 0.256 e. The number of rotatable bonds is 6. The molecule has 1 saturated carbocycles. The summed E-state index contributed by atoms with van der Waals surface area (Å²) in [5.74, 6) is 1.17. The van der Waals surface area contributed by atoms with E-state index in [1.165, 1.54) is 12.8 Å². The molecule has 5 nitrogen and oxygen atoms in total. The maximum absolute atomic E-state index is 11.7. The SMILES string of the molecule is CC(C)CNCc1cnc(NC2CC2)[nH]c1=O. The van der Waals surface area contributed by atoms with E-state index in [9.17, 15) is 4.79 Å². The standard InChI is InChI=1S/C12H20N4O/c1-8(2)5-13-6-9-7-14-12(16-11(9)17)15-10-3-4-10/h7-8,10,13H,3-6H2,1-2H3,(H2,14,15,16,17). The monoisotopic (exact) mass is 236 g/mol. The normalized spacial score (nSPS) is 15.2. The number of hydrogen-bond acceptors (Lipinski definition) is 4. The molecule has 0 bridgehead atoms. The predicted octanol–water partition coefficient (Wildman–Crippen LogP) is 1.09. The van der Waals surface area contributed by atoms with Crippen molar-refractivity contribution in [1.29, 1.82) is 0 Å². The van der Waals surface area contributed by atoms with Crippen LogP contribution < -0.4 is 16.2 Å². The third-order valence-electron chi connectivity index (χ3n) is 2.66. The second-order valence-electron chi connectivity index (χ2n) is 5.03. The zero-order valence-corrected chi connectivity index (χ0v) is 10.4. The van der Waals surface area contributed by atoms with Gasteiger partial charge in [-0.1, -0.05) is 13.8 Å². The summed E-state index contributed by atoms with van der Waals surface area (Å²) in [4.78, 5) is 18.7. The van der Waals surface area contributed by atoms with E-state index in [0.29, 0.717) is 30.0 Å². The number of nitrogens with one attached hydrogen (secondary N) is 3. The molecular weight excluding hydrogens is 216 g/mol. The minimum Gasteiger partial charge on any atom is -0.353 e. The molecule has 5 heteroatoms. The van der Waals surface area contributed by atoms with Gasteiger partial charge in [0.25, 0.3) is 5.56 Å². The number of aromatic nitrogens is 2. The molecule has 1 aromatic rings. The van der Waals surface area contributed by atoms with E-state index in [1.807, 2.05) is 0 Å². The fourth-order valence-corrected chi connectivity index (χ4v) is 1.54. The molecule has 0 radical (unpaired) electrons. The summed E-state index contributed by atoms with van der Waals surface area (Å²) >= 11 is 0. The van der Waals surface area contributed by atoms with E-state index in [2.05, 4.69) is 34.4 Å². The van der Waals surface area contributed by atoms with Crippen molar-refractivity contribution in [3.05, 3.63) is 22.1 Å². The average molecular weight is 236 g/mol. The fourth-order valence-electron chi connectivity index (χ4n) is 1.54. The van der Waals surface area contributed by atoms with E-state index in [4.69, 9.17) is 0 Å². The Labute approximate surface area is 101 Å². The van der Waals surface area contributed by atoms with Crippen LogP contribution in [-0.2, 0) is 6.54 Å². The summed E-state index contributed by atoms with van der Waals surface area (Å²) in [6.07, 6.45) is 3.99. The minimum atomic E-state index is -0.0561. The molecule has 0 amide bonds. The van der Waals surface area contributed by atoms with E-state index in [1.54, 1.807) is 6.20 Å². The lowest BCUT2D eigenvalue weighted by molar-refractivity contribution is 0.550. The zero-order chi connectivity index (χ0) is 12.3. The van der Waals surface area contributed by atoms with Crippen molar-refractivity contribution < 1.29 is 0 Å². The molecule has 0 aromatic carbocycles. The first kappa shape index (κ1) is 12.1. The lowest BCUT2D eigenvalue weighted by atomic mass is 10.2. The Kier molecular flexibility index (Phi) is 3.78. The predicted molar refractivity (Wildman–Crippen MR) is 68.0 cm³/mol. The van der Waals surface area contributed by atoms with Crippen LogP contribution in [0.5, 0.6) is 0 Å². The van der Waals surface area contributed by atoms with Gasteiger partial charge in [0.2, 0.25) is 5.95 Å². The molecule has 1 fully saturated rings. The molecule has 1 heterocycles. The lowest BCUT2D eigenvalue weighted by Gasteiger charge is -2.07. The Morgan fingerprint density at radius 2 is 2.29 bits per heavy atom. The van der Waals surface area contributed by atoms with Crippen molar-refractivity contribution in [2.75, 3.05) is 11.9 Å². The van der Waals surface area contributed by atoms with Crippen molar-refractivity contribution >= 4 is 5.95 Å². The number of anilines is 1. The van der Waals surface area contributed by atoms with Crippen LogP contribution in [0.25, 0.3) is 0 Å². The van der Waals surface area contributed by atoms with Crippen molar-refractivity contribution in [2.24, 2.45) is 5.92 Å². The van der Waals surface area contributed by atoms with Gasteiger partial charge in [0.05, 0.1) is 0 Å². The topological polar surface area (TPSA) is 69.8 Å². The Balaban J connectivity index is 1.91. The second-order valence-corrected chi connectivity index (χ2v) is 5.03. The maximum atomic E-state index is 11.7. The Bertz CT molecular complexity index is 423. The first-order chi connectivity index (χ1) is 8.15. The van der Waals surface area contributed by atoms with Crippen molar-refractivity contribution in [3.63, 3.8) is 0 Å². The molecule has 0 aliphatic heterocycles. The van der Waals surface area contributed by atoms with E-state index in [-0.39, 0.29) is 5.56 Å². The van der Waals surface area contributed by atoms with Gasteiger partial charge >= 0.3 is 0 Å². The van der Waals surface area contributed by atoms with Gasteiger partial charge in [-0.3, -0.25) is 9.78 Å². The summed E-state index contributed by atoms with van der Waals surface area (Å²) < 4.78 is 0. The summed E-state index contributed by atoms with van der Waals surface area (Å²) in [7, 11) is 0. The summed E-state index contributed by atoms with van der Waals surface area (Å²) in [6.45, 7) is 5.75. The number of hydrogen-bond donors (Lipinski definition) is 3. The number of nitrogens with zero attached hydrogens (tertiary/aromatic N) is 1. The van der Waals surface area contributed by atoms with Crippen LogP contribution in [0.2, 0.25) is 0 Å². The van der Waals surface area contributed by atoms with Crippen LogP contribution in [0.4, 0.5) is 5.95 Å². The van der Waals surface area contributed by atoms with Crippen LogP contribution in [0.1, 0.15) is 32.3 Å². The van der Waals surface area contributed by atoms with Gasteiger partial charge in [0.15, 0.2) is 0 Å². The van der Waals surface area contributed by atoms with Crippen molar-refractivity contribution in [1.82, 2.24) is 15.3 Å². The van der Waals surface area contributed by atoms with Gasteiger partial charge in [-0.2, -0.15) is 0 Å². The Morgan fingerprint density at radius 1 is 1.53 bits per heavy atom. The van der Waals surface area contributed by atoms with Gasteiger partial charge in [0.1, 0.15) is 0 Å². The van der Waals surface area contributed by atoms with Gasteiger partial charge < -0.3 is 10.6 Å².